The van der Waals surface area contributed by atoms with Crippen molar-refractivity contribution in [3.05, 3.63) is 0 Å². The van der Waals surface area contributed by atoms with E-state index in [-0.39, 0.29) is 12.6 Å². The van der Waals surface area contributed by atoms with Crippen molar-refractivity contribution in [2.24, 2.45) is 0 Å². The molecule has 0 aromatic carbocycles. The van der Waals surface area contributed by atoms with Gasteiger partial charge in [0.2, 0.25) is 0 Å². The van der Waals surface area contributed by atoms with Gasteiger partial charge in [0.25, 0.3) is 0 Å². The summed E-state index contributed by atoms with van der Waals surface area (Å²) >= 11 is 0. The molecule has 1 N–H and O–H groups in total. The molecule has 0 rings (SSSR count). The first kappa shape index (κ1) is 14.4. The van der Waals surface area contributed by atoms with E-state index in [1.165, 1.54) is 0 Å². The smallest absolute Gasteiger partial charge is 0.307 e. The molecule has 15 heavy (non-hydrogen) atoms. The quantitative estimate of drug-likeness (QED) is 0.463. The van der Waals surface area contributed by atoms with Crippen LogP contribution in [-0.2, 0) is 9.53 Å². The third kappa shape index (κ3) is 9.69. The van der Waals surface area contributed by atoms with Crippen LogP contribution < -0.4 is 0 Å². The predicted octanol–water partition coefficient (Wildman–Crippen LogP) is 1.03. The minimum atomic E-state index is -0.125. The lowest BCUT2D eigenvalue weighted by atomic mass is 10.2. The fraction of sp³-hybridized carbons (Fsp3) is 0.909. The standard InChI is InChI=1S/C11H23NO3/c1-3-15-11(14)7-9-12(2)8-5-4-6-10-13/h13H,3-10H2,1-2H3. The van der Waals surface area contributed by atoms with Crippen molar-refractivity contribution in [1.29, 1.82) is 0 Å². The van der Waals surface area contributed by atoms with Gasteiger partial charge in [0.1, 0.15) is 0 Å². The highest BCUT2D eigenvalue weighted by molar-refractivity contribution is 5.69. The number of aliphatic hydroxyl groups excluding tert-OH is 1. The molecule has 0 heterocycles. The Balaban J connectivity index is 3.32. The lowest BCUT2D eigenvalue weighted by Crippen LogP contribution is -2.23. The van der Waals surface area contributed by atoms with Crippen LogP contribution in [0.3, 0.4) is 0 Å². The van der Waals surface area contributed by atoms with E-state index in [1.54, 1.807) is 0 Å². The van der Waals surface area contributed by atoms with Gasteiger partial charge in [-0.15, -0.1) is 0 Å². The van der Waals surface area contributed by atoms with Gasteiger partial charge < -0.3 is 14.7 Å². The van der Waals surface area contributed by atoms with E-state index in [2.05, 4.69) is 4.90 Å². The van der Waals surface area contributed by atoms with Gasteiger partial charge in [-0.1, -0.05) is 0 Å². The molecule has 4 heteroatoms. The average molecular weight is 217 g/mol. The molecule has 90 valence electrons. The van der Waals surface area contributed by atoms with Crippen LogP contribution in [0.4, 0.5) is 0 Å². The van der Waals surface area contributed by atoms with E-state index >= 15 is 0 Å². The maximum atomic E-state index is 11.0. The third-order valence-electron chi connectivity index (χ3n) is 2.20. The number of nitrogens with zero attached hydrogens (tertiary/aromatic N) is 1. The minimum absolute atomic E-state index is 0.125. The Bertz CT molecular complexity index is 162. The highest BCUT2D eigenvalue weighted by atomic mass is 16.5. The summed E-state index contributed by atoms with van der Waals surface area (Å²) < 4.78 is 4.84. The van der Waals surface area contributed by atoms with E-state index in [0.717, 1.165) is 32.4 Å². The summed E-state index contributed by atoms with van der Waals surface area (Å²) in [6.45, 7) is 4.26. The monoisotopic (exact) mass is 217 g/mol. The number of ether oxygens (including phenoxy) is 1. The van der Waals surface area contributed by atoms with Crippen molar-refractivity contribution in [2.75, 3.05) is 33.4 Å². The number of aliphatic hydroxyl groups is 1. The third-order valence-corrected chi connectivity index (χ3v) is 2.20. The van der Waals surface area contributed by atoms with Crippen LogP contribution in [0.25, 0.3) is 0 Å². The largest absolute Gasteiger partial charge is 0.466 e. The molecule has 0 amide bonds. The minimum Gasteiger partial charge on any atom is -0.466 e. The van der Waals surface area contributed by atoms with Crippen molar-refractivity contribution in [2.45, 2.75) is 32.6 Å². The Morgan fingerprint density at radius 2 is 2.00 bits per heavy atom. The molecule has 0 aliphatic rings. The van der Waals surface area contributed by atoms with E-state index < -0.39 is 0 Å². The number of hydrogen-bond acceptors (Lipinski definition) is 4. The van der Waals surface area contributed by atoms with Crippen molar-refractivity contribution in [3.8, 4) is 0 Å². The maximum Gasteiger partial charge on any atom is 0.307 e. The SMILES string of the molecule is CCOC(=O)CCN(C)CCCCCO. The van der Waals surface area contributed by atoms with Crippen LogP contribution in [0.5, 0.6) is 0 Å². The molecule has 0 unspecified atom stereocenters. The molecule has 0 radical (unpaired) electrons. The zero-order valence-corrected chi connectivity index (χ0v) is 9.87. The van der Waals surface area contributed by atoms with Crippen LogP contribution in [0.2, 0.25) is 0 Å². The number of rotatable bonds is 9. The molecule has 0 aliphatic heterocycles. The number of unbranched alkanes of at least 4 members (excludes halogenated alkanes) is 2. The van der Waals surface area contributed by atoms with E-state index in [4.69, 9.17) is 9.84 Å². The van der Waals surface area contributed by atoms with Crippen molar-refractivity contribution < 1.29 is 14.6 Å². The summed E-state index contributed by atoms with van der Waals surface area (Å²) in [7, 11) is 2.00. The molecular formula is C11H23NO3. The molecule has 0 saturated heterocycles. The average Bonchev–Trinajstić information content (AvgIpc) is 2.22. The van der Waals surface area contributed by atoms with E-state index in [1.807, 2.05) is 14.0 Å². The normalized spacial score (nSPS) is 10.7. The van der Waals surface area contributed by atoms with Gasteiger partial charge in [0, 0.05) is 13.2 Å². The first-order valence-corrected chi connectivity index (χ1v) is 5.65. The van der Waals surface area contributed by atoms with Crippen LogP contribution in [-0.4, -0.2) is 49.3 Å². The summed E-state index contributed by atoms with van der Waals surface area (Å²) in [4.78, 5) is 13.2. The summed E-state index contributed by atoms with van der Waals surface area (Å²) in [5, 5.41) is 8.59. The first-order valence-electron chi connectivity index (χ1n) is 5.65. The Labute approximate surface area is 92.2 Å². The van der Waals surface area contributed by atoms with Crippen LogP contribution >= 0.6 is 0 Å². The molecule has 0 spiro atoms. The van der Waals surface area contributed by atoms with Gasteiger partial charge in [-0.25, -0.2) is 0 Å². The Morgan fingerprint density at radius 3 is 2.60 bits per heavy atom. The lowest BCUT2D eigenvalue weighted by molar-refractivity contribution is -0.143. The molecule has 0 bridgehead atoms. The van der Waals surface area contributed by atoms with E-state index in [9.17, 15) is 4.79 Å². The fourth-order valence-electron chi connectivity index (χ4n) is 1.30. The Kier molecular flexibility index (Phi) is 9.52. The second kappa shape index (κ2) is 9.93. The zero-order chi connectivity index (χ0) is 11.5. The van der Waals surface area contributed by atoms with Crippen LogP contribution in [0.15, 0.2) is 0 Å². The summed E-state index contributed by atoms with van der Waals surface area (Å²) in [6.07, 6.45) is 3.44. The van der Waals surface area contributed by atoms with Crippen molar-refractivity contribution >= 4 is 5.97 Å². The topological polar surface area (TPSA) is 49.8 Å². The number of carbonyl (C=O) groups excluding carboxylic acids is 1. The molecule has 0 aromatic heterocycles. The summed E-state index contributed by atoms with van der Waals surface area (Å²) in [5.74, 6) is -0.125. The number of hydrogen-bond donors (Lipinski definition) is 1. The Morgan fingerprint density at radius 1 is 1.27 bits per heavy atom. The zero-order valence-electron chi connectivity index (χ0n) is 9.87. The van der Waals surface area contributed by atoms with Crippen LogP contribution in [0, 0.1) is 0 Å². The van der Waals surface area contributed by atoms with Crippen LogP contribution in [0.1, 0.15) is 32.6 Å². The molecule has 0 atom stereocenters. The second-order valence-electron chi connectivity index (χ2n) is 3.64. The molecule has 0 aliphatic carbocycles. The molecule has 0 aromatic rings. The highest BCUT2D eigenvalue weighted by Crippen LogP contribution is 1.98. The fourth-order valence-corrected chi connectivity index (χ4v) is 1.30. The molecule has 4 nitrogen and oxygen atoms in total. The predicted molar refractivity (Wildman–Crippen MR) is 59.7 cm³/mol. The van der Waals surface area contributed by atoms with Gasteiger partial charge in [-0.2, -0.15) is 0 Å². The number of esters is 1. The van der Waals surface area contributed by atoms with Crippen molar-refractivity contribution in [1.82, 2.24) is 4.90 Å². The second-order valence-corrected chi connectivity index (χ2v) is 3.64. The first-order chi connectivity index (χ1) is 7.20. The van der Waals surface area contributed by atoms with Gasteiger partial charge in [-0.05, 0) is 39.8 Å². The van der Waals surface area contributed by atoms with Gasteiger partial charge >= 0.3 is 5.97 Å². The molecular weight excluding hydrogens is 194 g/mol. The van der Waals surface area contributed by atoms with Gasteiger partial charge in [0.05, 0.1) is 13.0 Å². The Hall–Kier alpha value is -0.610. The lowest BCUT2D eigenvalue weighted by Gasteiger charge is -2.15. The number of carbonyl (C=O) groups is 1. The summed E-state index contributed by atoms with van der Waals surface area (Å²) in [6, 6.07) is 0. The van der Waals surface area contributed by atoms with Gasteiger partial charge in [0.15, 0.2) is 0 Å². The van der Waals surface area contributed by atoms with Crippen molar-refractivity contribution in [3.63, 3.8) is 0 Å². The highest BCUT2D eigenvalue weighted by Gasteiger charge is 2.04. The van der Waals surface area contributed by atoms with E-state index in [0.29, 0.717) is 13.0 Å². The molecule has 0 fully saturated rings. The maximum absolute atomic E-state index is 11.0. The molecule has 0 saturated carbocycles. The van der Waals surface area contributed by atoms with Gasteiger partial charge in [-0.3, -0.25) is 4.79 Å². The summed E-state index contributed by atoms with van der Waals surface area (Å²) in [5.41, 5.74) is 0.